The van der Waals surface area contributed by atoms with Crippen LogP contribution >= 0.6 is 23.2 Å². The first-order valence-corrected chi connectivity index (χ1v) is 10.3. The van der Waals surface area contributed by atoms with E-state index in [1.165, 1.54) is 19.3 Å². The van der Waals surface area contributed by atoms with Crippen LogP contribution in [0.5, 0.6) is 5.75 Å². The summed E-state index contributed by atoms with van der Waals surface area (Å²) >= 11 is 12.0. The predicted molar refractivity (Wildman–Crippen MR) is 126 cm³/mol. The Labute approximate surface area is 195 Å². The first kappa shape index (κ1) is 23.2. The lowest BCUT2D eigenvalue weighted by Gasteiger charge is -2.10. The molecule has 0 fully saturated rings. The molecule has 3 aromatic rings. The van der Waals surface area contributed by atoms with Gasteiger partial charge in [0, 0.05) is 23.7 Å². The van der Waals surface area contributed by atoms with Crippen LogP contribution in [-0.4, -0.2) is 25.5 Å². The van der Waals surface area contributed by atoms with Crippen molar-refractivity contribution in [3.05, 3.63) is 94.3 Å². The molecule has 0 atom stereocenters. The topological polar surface area (TPSA) is 80.6 Å². The van der Waals surface area contributed by atoms with Gasteiger partial charge in [0.2, 0.25) is 0 Å². The summed E-state index contributed by atoms with van der Waals surface area (Å²) in [6.45, 7) is 3.82. The molecular formula is C24H20Cl2N2O4. The van der Waals surface area contributed by atoms with Crippen molar-refractivity contribution < 1.29 is 18.7 Å². The largest absolute Gasteiger partial charge is 0.497 e. The number of carbonyl (C=O) groups is 2. The Morgan fingerprint density at radius 1 is 1.06 bits per heavy atom. The molecular weight excluding hydrogens is 451 g/mol. The van der Waals surface area contributed by atoms with Crippen LogP contribution in [0.4, 0.5) is 0 Å². The fourth-order valence-electron chi connectivity index (χ4n) is 2.73. The van der Waals surface area contributed by atoms with E-state index >= 15 is 0 Å². The zero-order chi connectivity index (χ0) is 23.1. The molecule has 0 saturated heterocycles. The number of carbonyl (C=O) groups excluding carboxylic acids is 2. The predicted octanol–water partition coefficient (Wildman–Crippen LogP) is 5.34. The number of methoxy groups -OCH3 is 1. The molecule has 0 saturated carbocycles. The third-order valence-electron chi connectivity index (χ3n) is 4.37. The highest BCUT2D eigenvalue weighted by Crippen LogP contribution is 2.30. The lowest BCUT2D eigenvalue weighted by atomic mass is 10.2. The molecule has 0 spiro atoms. The van der Waals surface area contributed by atoms with Crippen LogP contribution in [0.25, 0.3) is 17.4 Å². The van der Waals surface area contributed by atoms with Gasteiger partial charge in [-0.2, -0.15) is 0 Å². The Hall–Kier alpha value is -3.48. The summed E-state index contributed by atoms with van der Waals surface area (Å²) < 4.78 is 10.9. The van der Waals surface area contributed by atoms with Gasteiger partial charge >= 0.3 is 0 Å². The maximum Gasteiger partial charge on any atom is 0.268 e. The molecule has 1 heterocycles. The highest BCUT2D eigenvalue weighted by atomic mass is 35.5. The van der Waals surface area contributed by atoms with Gasteiger partial charge in [0.25, 0.3) is 11.8 Å². The van der Waals surface area contributed by atoms with Crippen molar-refractivity contribution in [1.29, 1.82) is 0 Å². The number of benzene rings is 2. The van der Waals surface area contributed by atoms with Crippen LogP contribution in [0.2, 0.25) is 10.0 Å². The van der Waals surface area contributed by atoms with Crippen LogP contribution in [0, 0.1) is 0 Å². The van der Waals surface area contributed by atoms with Crippen LogP contribution in [0.15, 0.2) is 77.4 Å². The molecule has 32 heavy (non-hydrogen) atoms. The summed E-state index contributed by atoms with van der Waals surface area (Å²) in [6.07, 6.45) is 2.98. The van der Waals surface area contributed by atoms with Gasteiger partial charge in [-0.05, 0) is 54.6 Å². The molecule has 2 N–H and O–H groups in total. The van der Waals surface area contributed by atoms with Crippen LogP contribution in [0.1, 0.15) is 16.1 Å². The maximum atomic E-state index is 12.7. The Balaban J connectivity index is 1.86. The second-order valence-corrected chi connectivity index (χ2v) is 7.38. The normalized spacial score (nSPS) is 11.0. The molecule has 0 aliphatic rings. The first-order chi connectivity index (χ1) is 15.4. The third-order valence-corrected chi connectivity index (χ3v) is 5.11. The zero-order valence-electron chi connectivity index (χ0n) is 17.2. The number of halogens is 2. The Kier molecular flexibility index (Phi) is 7.76. The monoisotopic (exact) mass is 470 g/mol. The summed E-state index contributed by atoms with van der Waals surface area (Å²) in [5.41, 5.74) is 1.10. The van der Waals surface area contributed by atoms with Crippen LogP contribution in [-0.2, 0) is 4.79 Å². The van der Waals surface area contributed by atoms with Crippen LogP contribution < -0.4 is 15.4 Å². The lowest BCUT2D eigenvalue weighted by Crippen LogP contribution is -2.34. The number of rotatable bonds is 8. The quantitative estimate of drug-likeness (QED) is 0.344. The van der Waals surface area contributed by atoms with Gasteiger partial charge in [-0.25, -0.2) is 0 Å². The number of amides is 2. The standard InChI is InChI=1S/C24H20Cl2N2O4/c1-3-12-27-24(30)21(28-23(29)15-4-7-17(31-2)8-5-15)14-18-9-11-22(32-18)16-6-10-19(25)20(26)13-16/h3-11,13-14H,1,12H2,2H3,(H,27,30)(H,28,29). The number of furan rings is 1. The van der Waals surface area contributed by atoms with Crippen molar-refractivity contribution in [1.82, 2.24) is 10.6 Å². The second-order valence-electron chi connectivity index (χ2n) is 6.57. The molecule has 1 aromatic heterocycles. The molecule has 3 rings (SSSR count). The molecule has 0 radical (unpaired) electrons. The van der Waals surface area contributed by atoms with E-state index in [1.807, 2.05) is 0 Å². The number of hydrogen-bond donors (Lipinski definition) is 2. The number of nitrogens with one attached hydrogen (secondary N) is 2. The summed E-state index contributed by atoms with van der Waals surface area (Å²) in [5, 5.41) is 6.11. The average molecular weight is 471 g/mol. The van der Waals surface area contributed by atoms with Gasteiger partial charge < -0.3 is 19.8 Å². The van der Waals surface area contributed by atoms with E-state index in [-0.39, 0.29) is 12.2 Å². The fraction of sp³-hybridized carbons (Fsp3) is 0.0833. The van der Waals surface area contributed by atoms with Gasteiger partial charge in [0.05, 0.1) is 17.2 Å². The molecule has 164 valence electrons. The zero-order valence-corrected chi connectivity index (χ0v) is 18.7. The Morgan fingerprint density at radius 3 is 2.47 bits per heavy atom. The molecule has 0 aliphatic carbocycles. The summed E-state index contributed by atoms with van der Waals surface area (Å²) in [7, 11) is 1.54. The Bertz CT molecular complexity index is 1170. The lowest BCUT2D eigenvalue weighted by molar-refractivity contribution is -0.117. The van der Waals surface area contributed by atoms with Crippen LogP contribution in [0.3, 0.4) is 0 Å². The summed E-state index contributed by atoms with van der Waals surface area (Å²) in [4.78, 5) is 25.3. The number of hydrogen-bond acceptors (Lipinski definition) is 4. The summed E-state index contributed by atoms with van der Waals surface area (Å²) in [6, 6.07) is 15.0. The SMILES string of the molecule is C=CCNC(=O)C(=Cc1ccc(-c2ccc(Cl)c(Cl)c2)o1)NC(=O)c1ccc(OC)cc1. The van der Waals surface area contributed by atoms with Crippen molar-refractivity contribution in [2.45, 2.75) is 0 Å². The van der Waals surface area contributed by atoms with Crippen molar-refractivity contribution in [3.63, 3.8) is 0 Å². The van der Waals surface area contributed by atoms with Crippen molar-refractivity contribution in [3.8, 4) is 17.1 Å². The fourth-order valence-corrected chi connectivity index (χ4v) is 3.03. The van der Waals surface area contributed by atoms with E-state index < -0.39 is 11.8 Å². The Morgan fingerprint density at radius 2 is 1.81 bits per heavy atom. The van der Waals surface area contributed by atoms with Crippen molar-refractivity contribution in [2.24, 2.45) is 0 Å². The molecule has 0 bridgehead atoms. The van der Waals surface area contributed by atoms with Crippen molar-refractivity contribution >= 4 is 41.1 Å². The second kappa shape index (κ2) is 10.7. The van der Waals surface area contributed by atoms with E-state index in [0.29, 0.717) is 32.9 Å². The first-order valence-electron chi connectivity index (χ1n) is 9.52. The van der Waals surface area contributed by atoms with E-state index in [0.717, 1.165) is 5.56 Å². The smallest absolute Gasteiger partial charge is 0.268 e. The van der Waals surface area contributed by atoms with Crippen molar-refractivity contribution in [2.75, 3.05) is 13.7 Å². The molecule has 0 unspecified atom stereocenters. The van der Waals surface area contributed by atoms with E-state index in [4.69, 9.17) is 32.4 Å². The van der Waals surface area contributed by atoms with E-state index in [2.05, 4.69) is 17.2 Å². The van der Waals surface area contributed by atoms with Gasteiger partial charge in [0.15, 0.2) is 0 Å². The van der Waals surface area contributed by atoms with Gasteiger partial charge in [-0.15, -0.1) is 6.58 Å². The van der Waals surface area contributed by atoms with E-state index in [1.54, 1.807) is 54.6 Å². The highest BCUT2D eigenvalue weighted by Gasteiger charge is 2.16. The van der Waals surface area contributed by atoms with Gasteiger partial charge in [0.1, 0.15) is 23.0 Å². The third kappa shape index (κ3) is 5.81. The van der Waals surface area contributed by atoms with Gasteiger partial charge in [-0.1, -0.05) is 29.3 Å². The maximum absolute atomic E-state index is 12.7. The van der Waals surface area contributed by atoms with E-state index in [9.17, 15) is 9.59 Å². The molecule has 0 aliphatic heterocycles. The summed E-state index contributed by atoms with van der Waals surface area (Å²) in [5.74, 6) is 0.571. The van der Waals surface area contributed by atoms with Gasteiger partial charge in [-0.3, -0.25) is 9.59 Å². The average Bonchev–Trinajstić information content (AvgIpc) is 3.27. The minimum atomic E-state index is -0.487. The number of ether oxygens (including phenoxy) is 1. The molecule has 8 heteroatoms. The minimum Gasteiger partial charge on any atom is -0.497 e. The highest BCUT2D eigenvalue weighted by molar-refractivity contribution is 6.42. The molecule has 2 amide bonds. The molecule has 2 aromatic carbocycles. The molecule has 6 nitrogen and oxygen atoms in total. The minimum absolute atomic E-state index is 0.0164.